The van der Waals surface area contributed by atoms with Crippen molar-refractivity contribution in [2.45, 2.75) is 71.0 Å². The second kappa shape index (κ2) is 11.2. The van der Waals surface area contributed by atoms with Gasteiger partial charge >= 0.3 is 0 Å². The van der Waals surface area contributed by atoms with Crippen molar-refractivity contribution in [3.63, 3.8) is 0 Å². The average Bonchev–Trinajstić information content (AvgIpc) is 3.26. The van der Waals surface area contributed by atoms with E-state index >= 15 is 0 Å². The van der Waals surface area contributed by atoms with Gasteiger partial charge in [0.05, 0.1) is 5.52 Å². The Balaban J connectivity index is 1.66. The van der Waals surface area contributed by atoms with Crippen LogP contribution in [-0.4, -0.2) is 49.3 Å². The minimum absolute atomic E-state index is 0.00269. The van der Waals surface area contributed by atoms with Crippen LogP contribution in [-0.2, 0) is 16.1 Å². The van der Waals surface area contributed by atoms with Gasteiger partial charge in [0.25, 0.3) is 0 Å². The number of rotatable bonds is 9. The third-order valence-corrected chi connectivity index (χ3v) is 6.51. The summed E-state index contributed by atoms with van der Waals surface area (Å²) in [5.74, 6) is 0.195. The highest BCUT2D eigenvalue weighted by molar-refractivity contribution is 5.89. The number of benzene rings is 1. The predicted octanol–water partition coefficient (Wildman–Crippen LogP) is 3.89. The van der Waals surface area contributed by atoms with E-state index in [0.717, 1.165) is 55.1 Å². The molecule has 1 atom stereocenters. The summed E-state index contributed by atoms with van der Waals surface area (Å²) in [4.78, 5) is 33.5. The van der Waals surface area contributed by atoms with Crippen LogP contribution in [0.5, 0.6) is 0 Å². The van der Waals surface area contributed by atoms with E-state index in [4.69, 9.17) is 0 Å². The molecule has 180 valence electrons. The van der Waals surface area contributed by atoms with E-state index in [0.29, 0.717) is 12.5 Å². The molecule has 3 aromatic rings. The lowest BCUT2D eigenvalue weighted by Gasteiger charge is -2.39. The molecule has 0 radical (unpaired) electrons. The Bertz CT molecular complexity index is 1090. The Morgan fingerprint density at radius 1 is 1.12 bits per heavy atom. The molecule has 1 aliphatic rings. The Hall–Kier alpha value is -3.29. The maximum atomic E-state index is 13.9. The number of para-hydroxylation sites is 1. The van der Waals surface area contributed by atoms with Gasteiger partial charge in [-0.2, -0.15) is 0 Å². The fourth-order valence-electron chi connectivity index (χ4n) is 4.72. The van der Waals surface area contributed by atoms with Crippen LogP contribution < -0.4 is 5.32 Å². The van der Waals surface area contributed by atoms with E-state index in [1.54, 1.807) is 22.0 Å². The second-order valence-electron chi connectivity index (χ2n) is 9.49. The van der Waals surface area contributed by atoms with Crippen LogP contribution in [0.4, 0.5) is 0 Å². The maximum absolute atomic E-state index is 13.9. The lowest BCUT2D eigenvalue weighted by Crippen LogP contribution is -2.50. The number of pyridine rings is 1. The molecule has 1 fully saturated rings. The van der Waals surface area contributed by atoms with Crippen molar-refractivity contribution in [1.82, 2.24) is 30.2 Å². The molecule has 1 N–H and O–H groups in total. The number of nitrogens with one attached hydrogen (secondary N) is 1. The molecule has 0 saturated heterocycles. The second-order valence-corrected chi connectivity index (χ2v) is 9.49. The molecule has 8 heteroatoms. The number of hydrogen-bond acceptors (Lipinski definition) is 5. The summed E-state index contributed by atoms with van der Waals surface area (Å²) in [6.45, 7) is 4.87. The standard InChI is InChI=1S/C26H34N6O2/c1-19(2)14-16-28-26(34)25(20-9-8-15-27-17-20)32(21-10-4-3-5-11-21)24(33)18-31-23-13-7-6-12-22(23)29-30-31/h6-9,12-13,15,17,19,21,25H,3-5,10-11,14,16,18H2,1-2H3,(H,28,34)/t25-/m0/s1. The fourth-order valence-corrected chi connectivity index (χ4v) is 4.72. The van der Waals surface area contributed by atoms with Crippen molar-refractivity contribution in [2.75, 3.05) is 6.54 Å². The van der Waals surface area contributed by atoms with Crippen LogP contribution in [0.3, 0.4) is 0 Å². The highest BCUT2D eigenvalue weighted by Gasteiger charge is 2.37. The first-order chi connectivity index (χ1) is 16.5. The summed E-state index contributed by atoms with van der Waals surface area (Å²) in [6, 6.07) is 10.6. The molecule has 2 aromatic heterocycles. The van der Waals surface area contributed by atoms with E-state index in [2.05, 4.69) is 34.5 Å². The molecular weight excluding hydrogens is 428 g/mol. The molecule has 4 rings (SSSR count). The van der Waals surface area contributed by atoms with Gasteiger partial charge in [-0.05, 0) is 43.4 Å². The number of amides is 2. The summed E-state index contributed by atoms with van der Waals surface area (Å²) >= 11 is 0. The molecule has 34 heavy (non-hydrogen) atoms. The largest absolute Gasteiger partial charge is 0.354 e. The third-order valence-electron chi connectivity index (χ3n) is 6.51. The van der Waals surface area contributed by atoms with E-state index in [-0.39, 0.29) is 24.4 Å². The summed E-state index contributed by atoms with van der Waals surface area (Å²) in [7, 11) is 0. The number of aromatic nitrogens is 4. The SMILES string of the molecule is CC(C)CCNC(=O)[C@H](c1cccnc1)N(C(=O)Cn1nnc2ccccc21)C1CCCCC1. The number of carbonyl (C=O) groups is 2. The van der Waals surface area contributed by atoms with Crippen LogP contribution in [0, 0.1) is 5.92 Å². The van der Waals surface area contributed by atoms with Gasteiger partial charge in [0.2, 0.25) is 11.8 Å². The molecule has 1 aromatic carbocycles. The van der Waals surface area contributed by atoms with E-state index in [1.807, 2.05) is 36.4 Å². The lowest BCUT2D eigenvalue weighted by molar-refractivity contribution is -0.145. The first-order valence-electron chi connectivity index (χ1n) is 12.3. The topological polar surface area (TPSA) is 93.0 Å². The van der Waals surface area contributed by atoms with Gasteiger partial charge in [-0.25, -0.2) is 4.68 Å². The zero-order valence-electron chi connectivity index (χ0n) is 20.1. The summed E-state index contributed by atoms with van der Waals surface area (Å²) < 4.78 is 1.63. The van der Waals surface area contributed by atoms with Crippen molar-refractivity contribution >= 4 is 22.8 Å². The third kappa shape index (κ3) is 5.61. The van der Waals surface area contributed by atoms with Crippen LogP contribution in [0.15, 0.2) is 48.8 Å². The molecule has 2 heterocycles. The molecule has 0 aliphatic heterocycles. The Morgan fingerprint density at radius 3 is 2.65 bits per heavy atom. The minimum Gasteiger partial charge on any atom is -0.354 e. The summed E-state index contributed by atoms with van der Waals surface area (Å²) in [6.07, 6.45) is 9.30. The Kier molecular flexibility index (Phi) is 7.87. The van der Waals surface area contributed by atoms with Crippen molar-refractivity contribution in [1.29, 1.82) is 0 Å². The summed E-state index contributed by atoms with van der Waals surface area (Å²) in [5, 5.41) is 11.5. The normalized spacial score (nSPS) is 15.4. The first kappa shape index (κ1) is 23.9. The number of nitrogens with zero attached hydrogens (tertiary/aromatic N) is 5. The molecule has 0 bridgehead atoms. The van der Waals surface area contributed by atoms with Crippen molar-refractivity contribution in [3.05, 3.63) is 54.4 Å². The van der Waals surface area contributed by atoms with E-state index in [9.17, 15) is 9.59 Å². The molecule has 0 spiro atoms. The van der Waals surface area contributed by atoms with Crippen molar-refractivity contribution in [2.24, 2.45) is 5.92 Å². The van der Waals surface area contributed by atoms with Crippen molar-refractivity contribution < 1.29 is 9.59 Å². The fraction of sp³-hybridized carbons (Fsp3) is 0.500. The van der Waals surface area contributed by atoms with Crippen LogP contribution >= 0.6 is 0 Å². The van der Waals surface area contributed by atoms with Gasteiger partial charge in [-0.3, -0.25) is 14.6 Å². The zero-order chi connectivity index (χ0) is 23.9. The van der Waals surface area contributed by atoms with Crippen molar-refractivity contribution in [3.8, 4) is 0 Å². The number of fused-ring (bicyclic) bond motifs is 1. The summed E-state index contributed by atoms with van der Waals surface area (Å²) in [5.41, 5.74) is 2.28. The van der Waals surface area contributed by atoms with Gasteiger partial charge in [0.15, 0.2) is 0 Å². The molecule has 0 unspecified atom stereocenters. The van der Waals surface area contributed by atoms with Gasteiger partial charge in [0.1, 0.15) is 18.1 Å². The molecule has 8 nitrogen and oxygen atoms in total. The van der Waals surface area contributed by atoms with E-state index in [1.165, 1.54) is 0 Å². The first-order valence-corrected chi connectivity index (χ1v) is 12.3. The highest BCUT2D eigenvalue weighted by Crippen LogP contribution is 2.31. The van der Waals surface area contributed by atoms with Gasteiger partial charge in [-0.1, -0.05) is 56.5 Å². The Morgan fingerprint density at radius 2 is 1.91 bits per heavy atom. The van der Waals surface area contributed by atoms with Gasteiger partial charge < -0.3 is 10.2 Å². The van der Waals surface area contributed by atoms with Gasteiger partial charge in [-0.15, -0.1) is 5.10 Å². The smallest absolute Gasteiger partial charge is 0.247 e. The number of carbonyl (C=O) groups excluding carboxylic acids is 2. The lowest BCUT2D eigenvalue weighted by atomic mass is 9.91. The maximum Gasteiger partial charge on any atom is 0.247 e. The average molecular weight is 463 g/mol. The minimum atomic E-state index is -0.730. The molecular formula is C26H34N6O2. The van der Waals surface area contributed by atoms with E-state index < -0.39 is 6.04 Å². The Labute approximate surface area is 200 Å². The van der Waals surface area contributed by atoms with Crippen LogP contribution in [0.25, 0.3) is 11.0 Å². The predicted molar refractivity (Wildman–Crippen MR) is 131 cm³/mol. The molecule has 2 amide bonds. The monoisotopic (exact) mass is 462 g/mol. The quantitative estimate of drug-likeness (QED) is 0.521. The molecule has 1 aliphatic carbocycles. The molecule has 1 saturated carbocycles. The van der Waals surface area contributed by atoms with Crippen LogP contribution in [0.2, 0.25) is 0 Å². The van der Waals surface area contributed by atoms with Crippen LogP contribution in [0.1, 0.15) is 64.0 Å². The number of hydrogen-bond donors (Lipinski definition) is 1. The highest BCUT2D eigenvalue weighted by atomic mass is 16.2. The zero-order valence-corrected chi connectivity index (χ0v) is 20.1. The van der Waals surface area contributed by atoms with Gasteiger partial charge in [0, 0.05) is 30.5 Å².